The van der Waals surface area contributed by atoms with Gasteiger partial charge in [0.2, 0.25) is 0 Å². The van der Waals surface area contributed by atoms with Crippen molar-refractivity contribution in [1.82, 2.24) is 4.98 Å². The number of rotatable bonds is 5. The van der Waals surface area contributed by atoms with E-state index in [0.717, 1.165) is 25.7 Å². The first-order chi connectivity index (χ1) is 8.65. The third-order valence-electron chi connectivity index (χ3n) is 3.60. The molecule has 98 valence electrons. The van der Waals surface area contributed by atoms with Gasteiger partial charge in [0.15, 0.2) is 0 Å². The summed E-state index contributed by atoms with van der Waals surface area (Å²) in [6, 6.07) is 2.78. The molecular weight excluding hydrogens is 234 g/mol. The van der Waals surface area contributed by atoms with Crippen LogP contribution in [0, 0.1) is 15.5 Å². The Labute approximate surface area is 105 Å². The fraction of sp³-hybridized carbons (Fsp3) is 0.583. The Balaban J connectivity index is 2.01. The zero-order valence-electron chi connectivity index (χ0n) is 10.1. The fourth-order valence-electron chi connectivity index (χ4n) is 2.42. The molecule has 0 radical (unpaired) electrons. The zero-order chi connectivity index (χ0) is 13.0. The maximum atomic E-state index is 10.6. The maximum Gasteiger partial charge on any atom is 0.274 e. The molecule has 2 rings (SSSR count). The minimum absolute atomic E-state index is 0.0250. The SMILES string of the molecule is O=[N+]([O-])c1ccnc(NCC2(CO)CCCC2)c1. The van der Waals surface area contributed by atoms with Crippen molar-refractivity contribution in [3.8, 4) is 0 Å². The minimum Gasteiger partial charge on any atom is -0.396 e. The van der Waals surface area contributed by atoms with E-state index in [2.05, 4.69) is 10.3 Å². The van der Waals surface area contributed by atoms with Gasteiger partial charge in [0, 0.05) is 24.2 Å². The molecule has 1 aliphatic carbocycles. The number of hydrogen-bond donors (Lipinski definition) is 2. The van der Waals surface area contributed by atoms with Gasteiger partial charge in [-0.3, -0.25) is 10.1 Å². The molecule has 1 fully saturated rings. The fourth-order valence-corrected chi connectivity index (χ4v) is 2.42. The molecule has 0 atom stereocenters. The van der Waals surface area contributed by atoms with E-state index >= 15 is 0 Å². The van der Waals surface area contributed by atoms with Crippen LogP contribution in [-0.4, -0.2) is 28.2 Å². The number of nitrogens with one attached hydrogen (secondary N) is 1. The number of aromatic nitrogens is 1. The van der Waals surface area contributed by atoms with Crippen molar-refractivity contribution >= 4 is 11.5 Å². The highest BCUT2D eigenvalue weighted by atomic mass is 16.6. The summed E-state index contributed by atoms with van der Waals surface area (Å²) in [4.78, 5) is 14.3. The van der Waals surface area contributed by atoms with Gasteiger partial charge >= 0.3 is 0 Å². The van der Waals surface area contributed by atoms with Crippen molar-refractivity contribution in [2.45, 2.75) is 25.7 Å². The number of aliphatic hydroxyl groups excluding tert-OH is 1. The van der Waals surface area contributed by atoms with Gasteiger partial charge in [-0.2, -0.15) is 0 Å². The van der Waals surface area contributed by atoms with Crippen molar-refractivity contribution in [3.63, 3.8) is 0 Å². The van der Waals surface area contributed by atoms with Crippen LogP contribution in [0.4, 0.5) is 11.5 Å². The third-order valence-corrected chi connectivity index (χ3v) is 3.60. The second-order valence-electron chi connectivity index (χ2n) is 4.88. The van der Waals surface area contributed by atoms with E-state index in [1.54, 1.807) is 0 Å². The van der Waals surface area contributed by atoms with Gasteiger partial charge in [-0.1, -0.05) is 12.8 Å². The molecule has 0 spiro atoms. The molecule has 0 bridgehead atoms. The highest BCUT2D eigenvalue weighted by molar-refractivity contribution is 5.44. The first-order valence-corrected chi connectivity index (χ1v) is 6.10. The molecule has 1 heterocycles. The smallest absolute Gasteiger partial charge is 0.274 e. The van der Waals surface area contributed by atoms with Gasteiger partial charge in [0.05, 0.1) is 17.6 Å². The van der Waals surface area contributed by atoms with Crippen molar-refractivity contribution in [3.05, 3.63) is 28.4 Å². The Morgan fingerprint density at radius 3 is 2.83 bits per heavy atom. The second-order valence-corrected chi connectivity index (χ2v) is 4.88. The topological polar surface area (TPSA) is 88.3 Å². The summed E-state index contributed by atoms with van der Waals surface area (Å²) >= 11 is 0. The molecule has 18 heavy (non-hydrogen) atoms. The molecule has 6 heteroatoms. The largest absolute Gasteiger partial charge is 0.396 e. The summed E-state index contributed by atoms with van der Waals surface area (Å²) in [6.07, 6.45) is 5.66. The summed E-state index contributed by atoms with van der Waals surface area (Å²) in [5.74, 6) is 0.490. The van der Waals surface area contributed by atoms with Crippen molar-refractivity contribution < 1.29 is 10.0 Å². The van der Waals surface area contributed by atoms with Crippen molar-refractivity contribution in [2.75, 3.05) is 18.5 Å². The third kappa shape index (κ3) is 2.76. The highest BCUT2D eigenvalue weighted by Crippen LogP contribution is 2.37. The zero-order valence-corrected chi connectivity index (χ0v) is 10.1. The number of aliphatic hydroxyl groups is 1. The molecule has 0 unspecified atom stereocenters. The Hall–Kier alpha value is -1.69. The van der Waals surface area contributed by atoms with Crippen LogP contribution in [0.5, 0.6) is 0 Å². The van der Waals surface area contributed by atoms with Gasteiger partial charge in [-0.05, 0) is 12.8 Å². The molecule has 0 amide bonds. The van der Waals surface area contributed by atoms with E-state index in [0.29, 0.717) is 12.4 Å². The summed E-state index contributed by atoms with van der Waals surface area (Å²) < 4.78 is 0. The van der Waals surface area contributed by atoms with Gasteiger partial charge in [-0.15, -0.1) is 0 Å². The predicted molar refractivity (Wildman–Crippen MR) is 67.4 cm³/mol. The second kappa shape index (κ2) is 5.30. The molecule has 2 N–H and O–H groups in total. The van der Waals surface area contributed by atoms with E-state index in [-0.39, 0.29) is 17.7 Å². The summed E-state index contributed by atoms with van der Waals surface area (Å²) in [6.45, 7) is 0.757. The van der Waals surface area contributed by atoms with Gasteiger partial charge < -0.3 is 10.4 Å². The van der Waals surface area contributed by atoms with Crippen molar-refractivity contribution in [1.29, 1.82) is 0 Å². The first kappa shape index (κ1) is 12.8. The van der Waals surface area contributed by atoms with Crippen LogP contribution in [-0.2, 0) is 0 Å². The van der Waals surface area contributed by atoms with Crippen LogP contribution in [0.3, 0.4) is 0 Å². The minimum atomic E-state index is -0.440. The molecule has 0 aliphatic heterocycles. The molecule has 6 nitrogen and oxygen atoms in total. The van der Waals surface area contributed by atoms with Crippen LogP contribution in [0.2, 0.25) is 0 Å². The normalized spacial score (nSPS) is 17.6. The maximum absolute atomic E-state index is 10.6. The Kier molecular flexibility index (Phi) is 3.76. The molecule has 1 aromatic heterocycles. The van der Waals surface area contributed by atoms with Crippen LogP contribution >= 0.6 is 0 Å². The van der Waals surface area contributed by atoms with E-state index in [1.165, 1.54) is 18.3 Å². The van der Waals surface area contributed by atoms with E-state index < -0.39 is 4.92 Å². The number of hydrogen-bond acceptors (Lipinski definition) is 5. The average molecular weight is 251 g/mol. The van der Waals surface area contributed by atoms with E-state index in [9.17, 15) is 15.2 Å². The molecule has 1 aromatic rings. The number of anilines is 1. The molecule has 0 aromatic carbocycles. The predicted octanol–water partition coefficient (Wildman–Crippen LogP) is 1.95. The Bertz CT molecular complexity index is 430. The van der Waals surface area contributed by atoms with E-state index in [4.69, 9.17) is 0 Å². The lowest BCUT2D eigenvalue weighted by molar-refractivity contribution is -0.384. The lowest BCUT2D eigenvalue weighted by Gasteiger charge is -2.26. The van der Waals surface area contributed by atoms with E-state index in [1.807, 2.05) is 0 Å². The summed E-state index contributed by atoms with van der Waals surface area (Å²) in [5.41, 5.74) is -0.0660. The average Bonchev–Trinajstić information content (AvgIpc) is 2.86. The number of pyridine rings is 1. The Morgan fingerprint density at radius 2 is 2.22 bits per heavy atom. The summed E-state index contributed by atoms with van der Waals surface area (Å²) in [7, 11) is 0. The van der Waals surface area contributed by atoms with Crippen LogP contribution in [0.25, 0.3) is 0 Å². The van der Waals surface area contributed by atoms with Gasteiger partial charge in [-0.25, -0.2) is 4.98 Å². The monoisotopic (exact) mass is 251 g/mol. The number of nitrogens with zero attached hydrogens (tertiary/aromatic N) is 2. The van der Waals surface area contributed by atoms with Crippen molar-refractivity contribution in [2.24, 2.45) is 5.41 Å². The van der Waals surface area contributed by atoms with Crippen LogP contribution in [0.1, 0.15) is 25.7 Å². The molecule has 1 aliphatic rings. The standard InChI is InChI=1S/C12H17N3O3/c16-9-12(4-1-2-5-12)8-14-11-7-10(15(17)18)3-6-13-11/h3,6-7,16H,1-2,4-5,8-9H2,(H,13,14). The number of nitro groups is 1. The lowest BCUT2D eigenvalue weighted by Crippen LogP contribution is -2.30. The quantitative estimate of drug-likeness (QED) is 0.616. The van der Waals surface area contributed by atoms with Crippen LogP contribution < -0.4 is 5.32 Å². The lowest BCUT2D eigenvalue weighted by atomic mass is 9.87. The first-order valence-electron chi connectivity index (χ1n) is 6.10. The molecule has 0 saturated heterocycles. The highest BCUT2D eigenvalue weighted by Gasteiger charge is 2.33. The Morgan fingerprint density at radius 1 is 1.50 bits per heavy atom. The summed E-state index contributed by atoms with van der Waals surface area (Å²) in [5, 5.41) is 23.2. The molecular formula is C12H17N3O3. The van der Waals surface area contributed by atoms with Gasteiger partial charge in [0.1, 0.15) is 5.82 Å². The van der Waals surface area contributed by atoms with Crippen LogP contribution in [0.15, 0.2) is 18.3 Å². The molecule has 1 saturated carbocycles. The van der Waals surface area contributed by atoms with Gasteiger partial charge in [0.25, 0.3) is 5.69 Å².